The first kappa shape index (κ1) is 12.2. The van der Waals surface area contributed by atoms with Crippen molar-refractivity contribution in [3.63, 3.8) is 0 Å². The number of rotatable bonds is 3. The van der Waals surface area contributed by atoms with Gasteiger partial charge in [0, 0.05) is 19.3 Å². The average Bonchev–Trinajstić information content (AvgIpc) is 2.37. The van der Waals surface area contributed by atoms with Crippen LogP contribution in [0.15, 0.2) is 18.2 Å². The molecule has 5 heteroatoms. The van der Waals surface area contributed by atoms with Gasteiger partial charge < -0.3 is 5.32 Å². The van der Waals surface area contributed by atoms with Gasteiger partial charge in [0.25, 0.3) is 0 Å². The highest BCUT2D eigenvalue weighted by Crippen LogP contribution is 2.31. The molecule has 17 heavy (non-hydrogen) atoms. The van der Waals surface area contributed by atoms with Crippen molar-refractivity contribution in [2.45, 2.75) is 19.8 Å². The Bertz CT molecular complexity index is 511. The van der Waals surface area contributed by atoms with E-state index < -0.39 is 10.0 Å². The van der Waals surface area contributed by atoms with E-state index in [1.807, 2.05) is 25.2 Å². The van der Waals surface area contributed by atoms with Gasteiger partial charge in [-0.05, 0) is 37.5 Å². The topological polar surface area (TPSA) is 49.4 Å². The Morgan fingerprint density at radius 1 is 1.41 bits per heavy atom. The van der Waals surface area contributed by atoms with E-state index >= 15 is 0 Å². The SMILES string of the molecule is CCS(=O)(=O)N1CCCc2ccc(NC)cc21. The fourth-order valence-corrected chi connectivity index (χ4v) is 3.33. The summed E-state index contributed by atoms with van der Waals surface area (Å²) >= 11 is 0. The van der Waals surface area contributed by atoms with Crippen LogP contribution in [0.3, 0.4) is 0 Å². The van der Waals surface area contributed by atoms with Gasteiger partial charge in [-0.15, -0.1) is 0 Å². The van der Waals surface area contributed by atoms with E-state index in [4.69, 9.17) is 0 Å². The van der Waals surface area contributed by atoms with Crippen LogP contribution in [0.5, 0.6) is 0 Å². The normalized spacial score (nSPS) is 15.5. The quantitative estimate of drug-likeness (QED) is 0.895. The molecule has 1 aliphatic heterocycles. The molecular formula is C12H18N2O2S. The van der Waals surface area contributed by atoms with Gasteiger partial charge in [-0.25, -0.2) is 8.42 Å². The maximum absolute atomic E-state index is 12.0. The van der Waals surface area contributed by atoms with Crippen molar-refractivity contribution < 1.29 is 8.42 Å². The van der Waals surface area contributed by atoms with Gasteiger partial charge in [0.15, 0.2) is 0 Å². The lowest BCUT2D eigenvalue weighted by molar-refractivity contribution is 0.588. The zero-order chi connectivity index (χ0) is 12.5. The van der Waals surface area contributed by atoms with Crippen LogP contribution < -0.4 is 9.62 Å². The van der Waals surface area contributed by atoms with Crippen molar-refractivity contribution in [1.29, 1.82) is 0 Å². The summed E-state index contributed by atoms with van der Waals surface area (Å²) in [4.78, 5) is 0. The summed E-state index contributed by atoms with van der Waals surface area (Å²) in [5.74, 6) is 0.149. The molecule has 0 fully saturated rings. The van der Waals surface area contributed by atoms with Gasteiger partial charge in [-0.2, -0.15) is 0 Å². The molecule has 94 valence electrons. The Morgan fingerprint density at radius 2 is 2.18 bits per heavy atom. The van der Waals surface area contributed by atoms with E-state index in [2.05, 4.69) is 5.32 Å². The fraction of sp³-hybridized carbons (Fsp3) is 0.500. The van der Waals surface area contributed by atoms with Crippen LogP contribution >= 0.6 is 0 Å². The second-order valence-corrected chi connectivity index (χ2v) is 6.35. The highest BCUT2D eigenvalue weighted by Gasteiger charge is 2.25. The number of anilines is 2. The van der Waals surface area contributed by atoms with Crippen LogP contribution in [0, 0.1) is 0 Å². The molecule has 1 heterocycles. The van der Waals surface area contributed by atoms with Crippen LogP contribution in [-0.4, -0.2) is 27.8 Å². The van der Waals surface area contributed by atoms with Crippen molar-refractivity contribution >= 4 is 21.4 Å². The minimum Gasteiger partial charge on any atom is -0.388 e. The first-order valence-corrected chi connectivity index (χ1v) is 7.50. The van der Waals surface area contributed by atoms with Crippen LogP contribution in [-0.2, 0) is 16.4 Å². The molecule has 2 rings (SSSR count). The van der Waals surface area contributed by atoms with E-state index in [1.165, 1.54) is 0 Å². The zero-order valence-electron chi connectivity index (χ0n) is 10.2. The van der Waals surface area contributed by atoms with Crippen molar-refractivity contribution in [3.05, 3.63) is 23.8 Å². The summed E-state index contributed by atoms with van der Waals surface area (Å²) in [6.07, 6.45) is 1.85. The monoisotopic (exact) mass is 254 g/mol. The van der Waals surface area contributed by atoms with Gasteiger partial charge in [0.2, 0.25) is 10.0 Å². The second kappa shape index (κ2) is 4.56. The molecule has 0 spiro atoms. The number of benzene rings is 1. The average molecular weight is 254 g/mol. The first-order valence-electron chi connectivity index (χ1n) is 5.89. The van der Waals surface area contributed by atoms with Crippen molar-refractivity contribution in [3.8, 4) is 0 Å². The van der Waals surface area contributed by atoms with Crippen molar-refractivity contribution in [2.24, 2.45) is 0 Å². The lowest BCUT2D eigenvalue weighted by Crippen LogP contribution is -2.36. The van der Waals surface area contributed by atoms with E-state index in [0.29, 0.717) is 6.54 Å². The maximum Gasteiger partial charge on any atom is 0.234 e. The summed E-state index contributed by atoms with van der Waals surface area (Å²) in [6.45, 7) is 2.28. The largest absolute Gasteiger partial charge is 0.388 e. The Balaban J connectivity index is 2.49. The molecular weight excluding hydrogens is 236 g/mol. The van der Waals surface area contributed by atoms with E-state index in [0.717, 1.165) is 29.8 Å². The number of sulfonamides is 1. The van der Waals surface area contributed by atoms with E-state index in [1.54, 1.807) is 11.2 Å². The number of hydrogen-bond acceptors (Lipinski definition) is 3. The van der Waals surface area contributed by atoms with E-state index in [-0.39, 0.29) is 5.75 Å². The molecule has 1 aromatic carbocycles. The number of aryl methyl sites for hydroxylation is 1. The Morgan fingerprint density at radius 3 is 2.82 bits per heavy atom. The minimum absolute atomic E-state index is 0.149. The molecule has 0 saturated heterocycles. The number of nitrogens with one attached hydrogen (secondary N) is 1. The molecule has 1 aliphatic rings. The summed E-state index contributed by atoms with van der Waals surface area (Å²) in [6, 6.07) is 5.92. The number of hydrogen-bond donors (Lipinski definition) is 1. The first-order chi connectivity index (χ1) is 8.08. The van der Waals surface area contributed by atoms with Crippen LogP contribution in [0.25, 0.3) is 0 Å². The number of nitrogens with zero attached hydrogens (tertiary/aromatic N) is 1. The van der Waals surface area contributed by atoms with Gasteiger partial charge in [-0.3, -0.25) is 4.31 Å². The molecule has 4 nitrogen and oxygen atoms in total. The minimum atomic E-state index is -3.15. The standard InChI is InChI=1S/C12H18N2O2S/c1-3-17(15,16)14-8-4-5-10-6-7-11(13-2)9-12(10)14/h6-7,9,13H,3-5,8H2,1-2H3. The molecule has 0 amide bonds. The Hall–Kier alpha value is -1.23. The van der Waals surface area contributed by atoms with Gasteiger partial charge in [-0.1, -0.05) is 6.07 Å². The molecule has 0 aliphatic carbocycles. The molecule has 0 aromatic heterocycles. The van der Waals surface area contributed by atoms with Crippen LogP contribution in [0.4, 0.5) is 11.4 Å². The van der Waals surface area contributed by atoms with Gasteiger partial charge in [0.1, 0.15) is 0 Å². The second-order valence-electron chi connectivity index (χ2n) is 4.17. The van der Waals surface area contributed by atoms with E-state index in [9.17, 15) is 8.42 Å². The lowest BCUT2D eigenvalue weighted by atomic mass is 10.0. The molecule has 0 atom stereocenters. The van der Waals surface area contributed by atoms with Gasteiger partial charge >= 0.3 is 0 Å². The third-order valence-electron chi connectivity index (χ3n) is 3.15. The molecule has 0 saturated carbocycles. The van der Waals surface area contributed by atoms with Crippen LogP contribution in [0.1, 0.15) is 18.9 Å². The Labute approximate surface area is 103 Å². The van der Waals surface area contributed by atoms with Gasteiger partial charge in [0.05, 0.1) is 11.4 Å². The Kier molecular flexibility index (Phi) is 3.28. The molecule has 0 unspecified atom stereocenters. The summed E-state index contributed by atoms with van der Waals surface area (Å²) in [5.41, 5.74) is 2.90. The fourth-order valence-electron chi connectivity index (χ4n) is 2.14. The smallest absolute Gasteiger partial charge is 0.234 e. The highest BCUT2D eigenvalue weighted by atomic mass is 32.2. The van der Waals surface area contributed by atoms with Crippen molar-refractivity contribution in [1.82, 2.24) is 0 Å². The van der Waals surface area contributed by atoms with Crippen LogP contribution in [0.2, 0.25) is 0 Å². The predicted molar refractivity (Wildman–Crippen MR) is 71.1 cm³/mol. The lowest BCUT2D eigenvalue weighted by Gasteiger charge is -2.30. The molecule has 1 N–H and O–H groups in total. The predicted octanol–water partition coefficient (Wildman–Crippen LogP) is 1.83. The summed E-state index contributed by atoms with van der Waals surface area (Å²) < 4.78 is 25.6. The molecule has 0 radical (unpaired) electrons. The third kappa shape index (κ3) is 2.24. The highest BCUT2D eigenvalue weighted by molar-refractivity contribution is 7.92. The third-order valence-corrected chi connectivity index (χ3v) is 4.93. The molecule has 0 bridgehead atoms. The zero-order valence-corrected chi connectivity index (χ0v) is 11.0. The van der Waals surface area contributed by atoms with Crippen molar-refractivity contribution in [2.75, 3.05) is 29.0 Å². The summed E-state index contributed by atoms with van der Waals surface area (Å²) in [5, 5.41) is 3.05. The summed E-state index contributed by atoms with van der Waals surface area (Å²) in [7, 11) is -1.32. The maximum atomic E-state index is 12.0. The number of fused-ring (bicyclic) bond motifs is 1. The molecule has 1 aromatic rings.